The summed E-state index contributed by atoms with van der Waals surface area (Å²) in [5, 5.41) is 22.9. The molecule has 4 aliphatic rings. The van der Waals surface area contributed by atoms with Crippen molar-refractivity contribution in [1.82, 2.24) is 0 Å². The Morgan fingerprint density at radius 1 is 0.912 bits per heavy atom. The number of fused-ring (bicyclic) bond motifs is 2. The van der Waals surface area contributed by atoms with Crippen molar-refractivity contribution in [2.45, 2.75) is 136 Å². The van der Waals surface area contributed by atoms with Gasteiger partial charge in [0.1, 0.15) is 5.60 Å². The highest BCUT2D eigenvalue weighted by Gasteiger charge is 2.57. The van der Waals surface area contributed by atoms with E-state index in [1.807, 2.05) is 27.7 Å². The molecule has 4 nitrogen and oxygen atoms in total. The van der Waals surface area contributed by atoms with Gasteiger partial charge in [-0.2, -0.15) is 0 Å². The zero-order chi connectivity index (χ0) is 25.3. The molecule has 0 amide bonds. The minimum atomic E-state index is -0.784. The second-order valence-corrected chi connectivity index (χ2v) is 14.3. The molecule has 1 heterocycles. The van der Waals surface area contributed by atoms with Gasteiger partial charge in [0, 0.05) is 11.8 Å². The van der Waals surface area contributed by atoms with Gasteiger partial charge >= 0.3 is 0 Å². The SMILES string of the molecule is C[C@@H]1CC[C@H]2[C@@H](C1=CC[C@H]1[C@]3(C)CCC(=O)C(C)(C)O[C@H]3CC[C@]1(C)O)C(C)(C)CC[C@]2(C)O. The molecule has 194 valence electrons. The zero-order valence-corrected chi connectivity index (χ0v) is 23.0. The second kappa shape index (κ2) is 8.42. The summed E-state index contributed by atoms with van der Waals surface area (Å²) in [6.45, 7) is 17.2. The van der Waals surface area contributed by atoms with E-state index < -0.39 is 16.8 Å². The molecule has 4 rings (SSSR count). The molecule has 3 saturated carbocycles. The van der Waals surface area contributed by atoms with Crippen molar-refractivity contribution in [3.8, 4) is 0 Å². The fourth-order valence-corrected chi connectivity index (χ4v) is 8.48. The predicted octanol–water partition coefficient (Wildman–Crippen LogP) is 6.23. The average molecular weight is 475 g/mol. The van der Waals surface area contributed by atoms with Crippen molar-refractivity contribution in [3.05, 3.63) is 11.6 Å². The van der Waals surface area contributed by atoms with Gasteiger partial charge in [0.25, 0.3) is 0 Å². The predicted molar refractivity (Wildman–Crippen MR) is 136 cm³/mol. The number of hydrogen-bond donors (Lipinski definition) is 2. The van der Waals surface area contributed by atoms with E-state index in [-0.39, 0.29) is 28.6 Å². The summed E-state index contributed by atoms with van der Waals surface area (Å²) in [5.41, 5.74) is -0.725. The van der Waals surface area contributed by atoms with Crippen LogP contribution in [0.1, 0.15) is 113 Å². The highest BCUT2D eigenvalue weighted by Crippen LogP contribution is 2.59. The summed E-state index contributed by atoms with van der Waals surface area (Å²) in [6, 6.07) is 0. The van der Waals surface area contributed by atoms with Crippen molar-refractivity contribution >= 4 is 5.78 Å². The Morgan fingerprint density at radius 2 is 1.59 bits per heavy atom. The summed E-state index contributed by atoms with van der Waals surface area (Å²) in [6.07, 6.45) is 10.1. The molecular weight excluding hydrogens is 424 g/mol. The first-order chi connectivity index (χ1) is 15.5. The lowest BCUT2D eigenvalue weighted by atomic mass is 9.51. The van der Waals surface area contributed by atoms with E-state index in [0.29, 0.717) is 30.6 Å². The van der Waals surface area contributed by atoms with E-state index in [4.69, 9.17) is 4.74 Å². The minimum Gasteiger partial charge on any atom is -0.390 e. The van der Waals surface area contributed by atoms with Crippen LogP contribution < -0.4 is 0 Å². The third-order valence-electron chi connectivity index (χ3n) is 10.9. The molecule has 0 unspecified atom stereocenters. The van der Waals surface area contributed by atoms with Crippen LogP contribution in [0, 0.1) is 34.5 Å². The third kappa shape index (κ3) is 4.34. The van der Waals surface area contributed by atoms with Crippen LogP contribution in [-0.4, -0.2) is 38.9 Å². The van der Waals surface area contributed by atoms with Crippen LogP contribution >= 0.6 is 0 Å². The van der Waals surface area contributed by atoms with Crippen molar-refractivity contribution in [1.29, 1.82) is 0 Å². The maximum absolute atomic E-state index is 12.8. The highest BCUT2D eigenvalue weighted by atomic mass is 16.5. The fraction of sp³-hybridized carbons (Fsp3) is 0.900. The van der Waals surface area contributed by atoms with Crippen molar-refractivity contribution in [3.63, 3.8) is 0 Å². The maximum Gasteiger partial charge on any atom is 0.164 e. The molecule has 1 aliphatic heterocycles. The third-order valence-corrected chi connectivity index (χ3v) is 10.9. The topological polar surface area (TPSA) is 66.8 Å². The second-order valence-electron chi connectivity index (χ2n) is 14.3. The number of Topliss-reactive ketones (excluding diaryl/α,β-unsaturated/α-hetero) is 1. The lowest BCUT2D eigenvalue weighted by Crippen LogP contribution is -2.56. The van der Waals surface area contributed by atoms with Gasteiger partial charge in [-0.05, 0) is 108 Å². The van der Waals surface area contributed by atoms with E-state index >= 15 is 0 Å². The minimum absolute atomic E-state index is 0.0130. The summed E-state index contributed by atoms with van der Waals surface area (Å²) in [4.78, 5) is 12.8. The van der Waals surface area contributed by atoms with E-state index in [2.05, 4.69) is 33.8 Å². The van der Waals surface area contributed by atoms with Gasteiger partial charge in [0.2, 0.25) is 0 Å². The molecule has 34 heavy (non-hydrogen) atoms. The first-order valence-electron chi connectivity index (χ1n) is 13.9. The number of ether oxygens (including phenoxy) is 1. The number of carbonyl (C=O) groups is 1. The van der Waals surface area contributed by atoms with E-state index in [1.165, 1.54) is 5.57 Å². The Kier molecular flexibility index (Phi) is 6.52. The Hall–Kier alpha value is -0.710. The standard InChI is InChI=1S/C30H50O4/c1-19-9-11-21-25(26(2,3)17-18-29(21,7)32)20(19)10-12-22-28(6)15-13-23(31)27(4,5)34-24(28)14-16-30(22,8)33/h10,19,21-22,24-25,32-33H,9,11-18H2,1-8H3/t19-,21+,22+,24+,25-,28+,29+,30+/m1/s1. The molecule has 0 aromatic rings. The lowest BCUT2D eigenvalue weighted by Gasteiger charge is -2.56. The molecule has 3 aliphatic carbocycles. The van der Waals surface area contributed by atoms with Crippen molar-refractivity contribution in [2.24, 2.45) is 34.5 Å². The van der Waals surface area contributed by atoms with Crippen LogP contribution in [0.5, 0.6) is 0 Å². The Bertz CT molecular complexity index is 835. The van der Waals surface area contributed by atoms with Crippen LogP contribution in [0.2, 0.25) is 0 Å². The molecule has 8 atom stereocenters. The number of allylic oxidation sites excluding steroid dienone is 2. The number of rotatable bonds is 2. The molecule has 0 aromatic heterocycles. The molecule has 1 saturated heterocycles. The van der Waals surface area contributed by atoms with Crippen LogP contribution in [-0.2, 0) is 9.53 Å². The van der Waals surface area contributed by atoms with Crippen LogP contribution in [0.4, 0.5) is 0 Å². The molecule has 0 aromatic carbocycles. The Balaban J connectivity index is 1.69. The van der Waals surface area contributed by atoms with Crippen molar-refractivity contribution in [2.75, 3.05) is 0 Å². The van der Waals surface area contributed by atoms with Gasteiger partial charge in [-0.25, -0.2) is 0 Å². The number of hydrogen-bond acceptors (Lipinski definition) is 4. The average Bonchev–Trinajstić information content (AvgIpc) is 2.80. The molecule has 0 bridgehead atoms. The summed E-state index contributed by atoms with van der Waals surface area (Å²) >= 11 is 0. The Labute approximate surface area is 207 Å². The van der Waals surface area contributed by atoms with Crippen LogP contribution in [0.3, 0.4) is 0 Å². The molecular formula is C30H50O4. The summed E-state index contributed by atoms with van der Waals surface area (Å²) < 4.78 is 6.49. The highest BCUT2D eigenvalue weighted by molar-refractivity contribution is 5.86. The molecule has 0 radical (unpaired) electrons. The molecule has 4 fully saturated rings. The molecule has 2 N–H and O–H groups in total. The number of aliphatic hydroxyl groups is 2. The number of ketones is 1. The zero-order valence-electron chi connectivity index (χ0n) is 23.0. The van der Waals surface area contributed by atoms with E-state index in [0.717, 1.165) is 44.9 Å². The van der Waals surface area contributed by atoms with Crippen LogP contribution in [0.25, 0.3) is 0 Å². The van der Waals surface area contributed by atoms with Gasteiger partial charge in [0.05, 0.1) is 17.3 Å². The fourth-order valence-electron chi connectivity index (χ4n) is 8.48. The normalized spacial score (nSPS) is 49.8. The summed E-state index contributed by atoms with van der Waals surface area (Å²) in [7, 11) is 0. The first-order valence-corrected chi connectivity index (χ1v) is 13.9. The van der Waals surface area contributed by atoms with Crippen LogP contribution in [0.15, 0.2) is 11.6 Å². The van der Waals surface area contributed by atoms with Crippen molar-refractivity contribution < 1.29 is 19.7 Å². The van der Waals surface area contributed by atoms with Gasteiger partial charge in [-0.15, -0.1) is 0 Å². The monoisotopic (exact) mass is 474 g/mol. The molecule has 4 heteroatoms. The van der Waals surface area contributed by atoms with E-state index in [1.54, 1.807) is 0 Å². The van der Waals surface area contributed by atoms with Gasteiger partial charge in [0.15, 0.2) is 5.78 Å². The van der Waals surface area contributed by atoms with Gasteiger partial charge in [-0.1, -0.05) is 39.3 Å². The lowest BCUT2D eigenvalue weighted by molar-refractivity contribution is -0.193. The van der Waals surface area contributed by atoms with E-state index in [9.17, 15) is 15.0 Å². The quantitative estimate of drug-likeness (QED) is 0.466. The smallest absolute Gasteiger partial charge is 0.164 e. The maximum atomic E-state index is 12.8. The first kappa shape index (κ1) is 26.4. The van der Waals surface area contributed by atoms with Gasteiger partial charge in [-0.3, -0.25) is 4.79 Å². The summed E-state index contributed by atoms with van der Waals surface area (Å²) in [5.74, 6) is 1.39. The van der Waals surface area contributed by atoms with Gasteiger partial charge < -0.3 is 14.9 Å². The largest absolute Gasteiger partial charge is 0.390 e. The molecule has 0 spiro atoms. The number of carbonyl (C=O) groups excluding carboxylic acids is 1. The Morgan fingerprint density at radius 3 is 2.26 bits per heavy atom.